The van der Waals surface area contributed by atoms with Gasteiger partial charge in [-0.1, -0.05) is 48.5 Å². The lowest BCUT2D eigenvalue weighted by Gasteiger charge is -2.10. The average molecular weight is 480 g/mol. The molecule has 0 aliphatic rings. The Hall–Kier alpha value is -4.58. The van der Waals surface area contributed by atoms with Crippen LogP contribution in [0.4, 0.5) is 0 Å². The number of benzene rings is 4. The fourth-order valence-corrected chi connectivity index (χ4v) is 4.19. The number of ether oxygens (including phenoxy) is 2. The molecule has 0 atom stereocenters. The number of carboxylic acid groups (broad SMARTS) is 1. The number of carbonyl (C=O) groups excluding carboxylic acids is 1. The topological polar surface area (TPSA) is 77.8 Å². The minimum atomic E-state index is -0.884. The van der Waals surface area contributed by atoms with Crippen LogP contribution in [0, 0.1) is 0 Å². The molecule has 0 saturated heterocycles. The first-order valence-corrected chi connectivity index (χ1v) is 11.8. The lowest BCUT2D eigenvalue weighted by Crippen LogP contribution is -2.07. The lowest BCUT2D eigenvalue weighted by atomic mass is 10.00. The van der Waals surface area contributed by atoms with Crippen LogP contribution in [0.25, 0.3) is 21.7 Å². The Morgan fingerprint density at radius 3 is 2.11 bits per heavy atom. The van der Waals surface area contributed by atoms with Crippen molar-refractivity contribution in [3.63, 3.8) is 0 Å². The third kappa shape index (κ3) is 5.23. The number of carbonyl (C=O) groups is 2. The summed E-state index contributed by atoms with van der Waals surface area (Å²) in [7, 11) is 0. The van der Waals surface area contributed by atoms with Gasteiger partial charge in [0.25, 0.3) is 0 Å². The molecule has 36 heavy (non-hydrogen) atoms. The third-order valence-corrected chi connectivity index (χ3v) is 5.99. The maximum absolute atomic E-state index is 12.7. The lowest BCUT2D eigenvalue weighted by molar-refractivity contribution is -0.137. The van der Waals surface area contributed by atoms with Crippen molar-refractivity contribution >= 4 is 33.4 Å². The molecule has 6 nitrogen and oxygen atoms in total. The number of nitrogens with zero attached hydrogens (tertiary/aromatic N) is 1. The largest absolute Gasteiger partial charge is 0.493 e. The molecule has 180 valence electrons. The highest BCUT2D eigenvalue weighted by Crippen LogP contribution is 2.24. The Kier molecular flexibility index (Phi) is 6.67. The minimum Gasteiger partial charge on any atom is -0.493 e. The van der Waals surface area contributed by atoms with Gasteiger partial charge in [-0.05, 0) is 52.6 Å². The quantitative estimate of drug-likeness (QED) is 0.198. The van der Waals surface area contributed by atoms with Crippen LogP contribution >= 0.6 is 0 Å². The van der Waals surface area contributed by atoms with Crippen LogP contribution < -0.4 is 9.47 Å². The standard InChI is InChI=1S/C30H25NO5/c32-29(33)20-31-14-13-21-9-11-27(19-28(21)31)36-16-4-15-35-26-12-10-23-17-25(8-7-24(23)18-26)30(34)22-5-2-1-3-6-22/h1-3,5-14,17-19H,4,15-16,20H2,(H,32,33). The van der Waals surface area contributed by atoms with E-state index in [0.29, 0.717) is 36.5 Å². The van der Waals surface area contributed by atoms with E-state index in [-0.39, 0.29) is 12.3 Å². The van der Waals surface area contributed by atoms with Crippen molar-refractivity contribution in [3.05, 3.63) is 108 Å². The predicted octanol–water partition coefficient (Wildman–Crippen LogP) is 5.96. The molecular formula is C30H25NO5. The van der Waals surface area contributed by atoms with Crippen molar-refractivity contribution < 1.29 is 24.2 Å². The molecule has 0 amide bonds. The van der Waals surface area contributed by atoms with E-state index in [1.165, 1.54) is 0 Å². The smallest absolute Gasteiger partial charge is 0.323 e. The predicted molar refractivity (Wildman–Crippen MR) is 139 cm³/mol. The molecule has 0 fully saturated rings. The van der Waals surface area contributed by atoms with Gasteiger partial charge in [0.15, 0.2) is 5.78 Å². The number of rotatable bonds is 10. The average Bonchev–Trinajstić information content (AvgIpc) is 3.29. The van der Waals surface area contributed by atoms with E-state index in [1.807, 2.05) is 91.0 Å². The van der Waals surface area contributed by atoms with Crippen LogP contribution in [-0.4, -0.2) is 34.6 Å². The zero-order chi connectivity index (χ0) is 24.9. The van der Waals surface area contributed by atoms with Crippen molar-refractivity contribution in [1.29, 1.82) is 0 Å². The van der Waals surface area contributed by atoms with Gasteiger partial charge in [-0.2, -0.15) is 0 Å². The third-order valence-electron chi connectivity index (χ3n) is 5.99. The van der Waals surface area contributed by atoms with Crippen molar-refractivity contribution in [3.8, 4) is 11.5 Å². The zero-order valence-corrected chi connectivity index (χ0v) is 19.6. The molecule has 5 aromatic rings. The van der Waals surface area contributed by atoms with Gasteiger partial charge in [0.2, 0.25) is 0 Å². The van der Waals surface area contributed by atoms with E-state index in [1.54, 1.807) is 10.8 Å². The second-order valence-electron chi connectivity index (χ2n) is 8.53. The van der Waals surface area contributed by atoms with E-state index in [4.69, 9.17) is 14.6 Å². The maximum Gasteiger partial charge on any atom is 0.323 e. The molecule has 6 heteroatoms. The number of fused-ring (bicyclic) bond motifs is 2. The number of aromatic nitrogens is 1. The molecule has 0 unspecified atom stereocenters. The van der Waals surface area contributed by atoms with Gasteiger partial charge in [-0.3, -0.25) is 9.59 Å². The van der Waals surface area contributed by atoms with Crippen LogP contribution in [-0.2, 0) is 11.3 Å². The molecule has 1 heterocycles. The molecule has 5 rings (SSSR count). The fraction of sp³-hybridized carbons (Fsp3) is 0.133. The van der Waals surface area contributed by atoms with Crippen molar-refractivity contribution in [2.75, 3.05) is 13.2 Å². The van der Waals surface area contributed by atoms with Gasteiger partial charge >= 0.3 is 5.97 Å². The molecule has 0 radical (unpaired) electrons. The Balaban J connectivity index is 1.15. The van der Waals surface area contributed by atoms with E-state index >= 15 is 0 Å². The van der Waals surface area contributed by atoms with Crippen molar-refractivity contribution in [1.82, 2.24) is 4.57 Å². The summed E-state index contributed by atoms with van der Waals surface area (Å²) < 4.78 is 13.4. The number of ketones is 1. The molecule has 4 aromatic carbocycles. The molecule has 0 saturated carbocycles. The fourth-order valence-electron chi connectivity index (χ4n) is 4.19. The molecule has 1 N–H and O–H groups in total. The normalized spacial score (nSPS) is 11.0. The van der Waals surface area contributed by atoms with Gasteiger partial charge in [0.1, 0.15) is 18.0 Å². The van der Waals surface area contributed by atoms with Gasteiger partial charge < -0.3 is 19.1 Å². The van der Waals surface area contributed by atoms with Gasteiger partial charge in [0.05, 0.1) is 18.7 Å². The van der Waals surface area contributed by atoms with E-state index < -0.39 is 5.97 Å². The van der Waals surface area contributed by atoms with Gasteiger partial charge in [0, 0.05) is 29.8 Å². The number of carboxylic acids is 1. The van der Waals surface area contributed by atoms with Gasteiger partial charge in [-0.15, -0.1) is 0 Å². The Bertz CT molecular complexity index is 1540. The summed E-state index contributed by atoms with van der Waals surface area (Å²) in [5, 5.41) is 12.0. The first-order valence-electron chi connectivity index (χ1n) is 11.8. The maximum atomic E-state index is 12.7. The second kappa shape index (κ2) is 10.4. The van der Waals surface area contributed by atoms with Crippen LogP contribution in [0.5, 0.6) is 11.5 Å². The molecular weight excluding hydrogens is 454 g/mol. The molecule has 0 aliphatic carbocycles. The van der Waals surface area contributed by atoms with Crippen LogP contribution in [0.3, 0.4) is 0 Å². The monoisotopic (exact) mass is 479 g/mol. The number of aliphatic carboxylic acids is 1. The summed E-state index contributed by atoms with van der Waals surface area (Å²) in [6, 6.07) is 28.4. The summed E-state index contributed by atoms with van der Waals surface area (Å²) >= 11 is 0. The SMILES string of the molecule is O=C(O)Cn1ccc2ccc(OCCCOc3ccc4cc(C(=O)c5ccccc5)ccc4c3)cc21. The Morgan fingerprint density at radius 1 is 0.694 bits per heavy atom. The molecule has 0 bridgehead atoms. The summed E-state index contributed by atoms with van der Waals surface area (Å²) in [4.78, 5) is 23.8. The first kappa shape index (κ1) is 23.2. The molecule has 1 aromatic heterocycles. The molecule has 0 spiro atoms. The van der Waals surface area contributed by atoms with Crippen molar-refractivity contribution in [2.45, 2.75) is 13.0 Å². The highest BCUT2D eigenvalue weighted by atomic mass is 16.5. The highest BCUT2D eigenvalue weighted by molar-refractivity contribution is 6.10. The zero-order valence-electron chi connectivity index (χ0n) is 19.6. The van der Waals surface area contributed by atoms with E-state index in [2.05, 4.69) is 0 Å². The summed E-state index contributed by atoms with van der Waals surface area (Å²) in [5.74, 6) is 0.579. The van der Waals surface area contributed by atoms with Crippen LogP contribution in [0.1, 0.15) is 22.3 Å². The van der Waals surface area contributed by atoms with E-state index in [0.717, 1.165) is 27.4 Å². The summed E-state index contributed by atoms with van der Waals surface area (Å²) in [6.45, 7) is 0.884. The first-order chi connectivity index (χ1) is 17.6. The second-order valence-corrected chi connectivity index (χ2v) is 8.53. The Morgan fingerprint density at radius 2 is 1.36 bits per heavy atom. The number of hydrogen-bond donors (Lipinski definition) is 1. The Labute approximate surface area is 208 Å². The van der Waals surface area contributed by atoms with Gasteiger partial charge in [-0.25, -0.2) is 0 Å². The number of hydrogen-bond acceptors (Lipinski definition) is 4. The summed E-state index contributed by atoms with van der Waals surface area (Å²) in [5.41, 5.74) is 2.16. The molecule has 0 aliphatic heterocycles. The highest BCUT2D eigenvalue weighted by Gasteiger charge is 2.10. The van der Waals surface area contributed by atoms with Crippen molar-refractivity contribution in [2.24, 2.45) is 0 Å². The van der Waals surface area contributed by atoms with Crippen LogP contribution in [0.2, 0.25) is 0 Å². The van der Waals surface area contributed by atoms with Crippen LogP contribution in [0.15, 0.2) is 97.2 Å². The minimum absolute atomic E-state index is 0.00653. The summed E-state index contributed by atoms with van der Waals surface area (Å²) in [6.07, 6.45) is 2.46. The van der Waals surface area contributed by atoms with E-state index in [9.17, 15) is 9.59 Å².